The van der Waals surface area contributed by atoms with Gasteiger partial charge in [0.05, 0.1) is 5.56 Å². The van der Waals surface area contributed by atoms with Gasteiger partial charge in [-0.2, -0.15) is 13.2 Å². The van der Waals surface area contributed by atoms with Crippen molar-refractivity contribution in [2.45, 2.75) is 30.6 Å². The van der Waals surface area contributed by atoms with Crippen LogP contribution in [-0.2, 0) is 18.5 Å². The van der Waals surface area contributed by atoms with Gasteiger partial charge < -0.3 is 5.32 Å². The summed E-state index contributed by atoms with van der Waals surface area (Å²) in [4.78, 5) is 12.6. The van der Waals surface area contributed by atoms with E-state index >= 15 is 0 Å². The second-order valence-electron chi connectivity index (χ2n) is 7.71. The second kappa shape index (κ2) is 10.3. The molecule has 0 radical (unpaired) electrons. The highest BCUT2D eigenvalue weighted by Crippen LogP contribution is 2.32. The molecule has 5 nitrogen and oxygen atoms in total. The van der Waals surface area contributed by atoms with E-state index in [0.717, 1.165) is 23.3 Å². The molecule has 0 bridgehead atoms. The molecular formula is C25H20F4N4OS. The molecule has 0 unspecified atom stereocenters. The number of carbonyl (C=O) groups excluding carboxylic acids is 1. The molecule has 0 fully saturated rings. The van der Waals surface area contributed by atoms with Crippen LogP contribution < -0.4 is 5.32 Å². The number of amides is 1. The number of rotatable bonds is 7. The molecule has 1 heterocycles. The predicted molar refractivity (Wildman–Crippen MR) is 125 cm³/mol. The average molecular weight is 501 g/mol. The maximum Gasteiger partial charge on any atom is 0.416 e. The van der Waals surface area contributed by atoms with Crippen LogP contribution in [0.2, 0.25) is 0 Å². The van der Waals surface area contributed by atoms with Crippen LogP contribution >= 0.6 is 11.8 Å². The molecule has 1 N–H and O–H groups in total. The Morgan fingerprint density at radius 2 is 1.71 bits per heavy atom. The molecule has 4 aromatic rings. The molecular weight excluding hydrogens is 480 g/mol. The summed E-state index contributed by atoms with van der Waals surface area (Å²) in [5, 5.41) is 11.4. The molecule has 1 amide bonds. The van der Waals surface area contributed by atoms with Crippen molar-refractivity contribution in [1.29, 1.82) is 0 Å². The van der Waals surface area contributed by atoms with Gasteiger partial charge >= 0.3 is 6.18 Å². The van der Waals surface area contributed by atoms with Crippen LogP contribution in [0.3, 0.4) is 0 Å². The number of hydrogen-bond donors (Lipinski definition) is 1. The lowest BCUT2D eigenvalue weighted by Gasteiger charge is -2.12. The van der Waals surface area contributed by atoms with Crippen LogP contribution in [0.25, 0.3) is 5.69 Å². The Bertz CT molecular complexity index is 1340. The first-order valence-corrected chi connectivity index (χ1v) is 11.5. The van der Waals surface area contributed by atoms with E-state index in [0.29, 0.717) is 28.0 Å². The second-order valence-corrected chi connectivity index (χ2v) is 8.65. The third kappa shape index (κ3) is 6.07. The van der Waals surface area contributed by atoms with Gasteiger partial charge in [0.1, 0.15) is 11.6 Å². The first kappa shape index (κ1) is 24.5. The lowest BCUT2D eigenvalue weighted by molar-refractivity contribution is -0.137. The van der Waals surface area contributed by atoms with Crippen LogP contribution in [0.15, 0.2) is 78.0 Å². The van der Waals surface area contributed by atoms with Crippen molar-refractivity contribution >= 4 is 17.7 Å². The van der Waals surface area contributed by atoms with Gasteiger partial charge in [-0.15, -0.1) is 10.2 Å². The van der Waals surface area contributed by atoms with Crippen molar-refractivity contribution < 1.29 is 22.4 Å². The third-order valence-electron chi connectivity index (χ3n) is 5.15. The number of nitrogens with one attached hydrogen (secondary N) is 1. The van der Waals surface area contributed by atoms with Crippen molar-refractivity contribution in [2.24, 2.45) is 0 Å². The van der Waals surface area contributed by atoms with Crippen LogP contribution in [0, 0.1) is 12.7 Å². The number of alkyl halides is 3. The van der Waals surface area contributed by atoms with Crippen LogP contribution in [-0.4, -0.2) is 20.7 Å². The number of aryl methyl sites for hydroxylation is 1. The Hall–Kier alpha value is -3.66. The maximum atomic E-state index is 13.2. The van der Waals surface area contributed by atoms with Crippen molar-refractivity contribution in [3.63, 3.8) is 0 Å². The van der Waals surface area contributed by atoms with E-state index in [9.17, 15) is 22.4 Å². The van der Waals surface area contributed by atoms with E-state index in [1.165, 1.54) is 30.0 Å². The number of benzene rings is 3. The zero-order chi connectivity index (χ0) is 25.0. The first-order valence-electron chi connectivity index (χ1n) is 10.5. The van der Waals surface area contributed by atoms with Crippen molar-refractivity contribution in [2.75, 3.05) is 0 Å². The molecule has 0 aliphatic rings. The van der Waals surface area contributed by atoms with Gasteiger partial charge in [0, 0.05) is 23.5 Å². The van der Waals surface area contributed by atoms with Gasteiger partial charge in [0.15, 0.2) is 5.16 Å². The van der Waals surface area contributed by atoms with Gasteiger partial charge in [0.25, 0.3) is 5.91 Å². The van der Waals surface area contributed by atoms with Gasteiger partial charge in [0.2, 0.25) is 0 Å². The van der Waals surface area contributed by atoms with E-state index < -0.39 is 11.7 Å². The summed E-state index contributed by atoms with van der Waals surface area (Å²) in [7, 11) is 0. The Morgan fingerprint density at radius 1 is 0.971 bits per heavy atom. The molecule has 0 aliphatic heterocycles. The lowest BCUT2D eigenvalue weighted by Crippen LogP contribution is -2.22. The zero-order valence-electron chi connectivity index (χ0n) is 18.5. The number of carbonyl (C=O) groups is 1. The van der Waals surface area contributed by atoms with E-state index in [1.54, 1.807) is 47.9 Å². The Labute approximate surface area is 203 Å². The molecule has 0 spiro atoms. The molecule has 0 atom stereocenters. The summed E-state index contributed by atoms with van der Waals surface area (Å²) in [6.45, 7) is 1.93. The van der Waals surface area contributed by atoms with Crippen molar-refractivity contribution in [1.82, 2.24) is 20.1 Å². The molecule has 0 aliphatic carbocycles. The fourth-order valence-electron chi connectivity index (χ4n) is 3.39. The SMILES string of the molecule is Cc1nnc(SCc2cccc(C(=O)NCc3ccc(F)cc3)c2)n1-c1cccc(C(F)(F)F)c1. The summed E-state index contributed by atoms with van der Waals surface area (Å²) >= 11 is 1.30. The van der Waals surface area contributed by atoms with Gasteiger partial charge in [-0.3, -0.25) is 9.36 Å². The minimum atomic E-state index is -4.46. The van der Waals surface area contributed by atoms with E-state index in [-0.39, 0.29) is 18.3 Å². The number of halogens is 4. The monoisotopic (exact) mass is 500 g/mol. The van der Waals surface area contributed by atoms with Crippen LogP contribution in [0.4, 0.5) is 17.6 Å². The Morgan fingerprint density at radius 3 is 2.46 bits per heavy atom. The molecule has 35 heavy (non-hydrogen) atoms. The average Bonchev–Trinajstić information content (AvgIpc) is 3.22. The number of aromatic nitrogens is 3. The third-order valence-corrected chi connectivity index (χ3v) is 6.15. The molecule has 180 valence electrons. The van der Waals surface area contributed by atoms with E-state index in [4.69, 9.17) is 0 Å². The maximum absolute atomic E-state index is 13.2. The highest BCUT2D eigenvalue weighted by molar-refractivity contribution is 7.98. The first-order chi connectivity index (χ1) is 16.7. The van der Waals surface area contributed by atoms with Crippen molar-refractivity contribution in [3.8, 4) is 5.69 Å². The van der Waals surface area contributed by atoms with E-state index in [1.807, 2.05) is 6.07 Å². The molecule has 4 rings (SSSR count). The summed E-state index contributed by atoms with van der Waals surface area (Å²) in [5.41, 5.74) is 1.63. The molecule has 1 aromatic heterocycles. The van der Waals surface area contributed by atoms with Gasteiger partial charge in [-0.25, -0.2) is 4.39 Å². The minimum Gasteiger partial charge on any atom is -0.348 e. The molecule has 3 aromatic carbocycles. The molecule has 0 saturated heterocycles. The molecule has 10 heteroatoms. The topological polar surface area (TPSA) is 59.8 Å². The summed E-state index contributed by atoms with van der Waals surface area (Å²) < 4.78 is 54.1. The normalized spacial score (nSPS) is 11.5. The lowest BCUT2D eigenvalue weighted by atomic mass is 10.1. The van der Waals surface area contributed by atoms with Crippen LogP contribution in [0.5, 0.6) is 0 Å². The summed E-state index contributed by atoms with van der Waals surface area (Å²) in [5.74, 6) is 0.269. The highest BCUT2D eigenvalue weighted by atomic mass is 32.2. The fraction of sp³-hybridized carbons (Fsp3) is 0.160. The van der Waals surface area contributed by atoms with E-state index in [2.05, 4.69) is 15.5 Å². The summed E-state index contributed by atoms with van der Waals surface area (Å²) in [6, 6.07) is 17.9. The number of thioether (sulfide) groups is 1. The number of hydrogen-bond acceptors (Lipinski definition) is 4. The van der Waals surface area contributed by atoms with Gasteiger partial charge in [-0.1, -0.05) is 42.1 Å². The standard InChI is InChI=1S/C25H20F4N4OS/c1-16-31-32-24(33(16)22-7-3-6-20(13-22)25(27,28)29)35-15-18-4-2-5-19(12-18)23(34)30-14-17-8-10-21(26)11-9-17/h2-13H,14-15H2,1H3,(H,30,34). The van der Waals surface area contributed by atoms with Gasteiger partial charge in [-0.05, 0) is 60.5 Å². The predicted octanol–water partition coefficient (Wildman–Crippen LogP) is 5.96. The van der Waals surface area contributed by atoms with Crippen molar-refractivity contribution in [3.05, 3.63) is 107 Å². The van der Waals surface area contributed by atoms with Crippen LogP contribution in [0.1, 0.15) is 32.9 Å². The fourth-order valence-corrected chi connectivity index (χ4v) is 4.33. The zero-order valence-corrected chi connectivity index (χ0v) is 19.3. The minimum absolute atomic E-state index is 0.261. The molecule has 0 saturated carbocycles. The smallest absolute Gasteiger partial charge is 0.348 e. The summed E-state index contributed by atoms with van der Waals surface area (Å²) in [6.07, 6.45) is -4.46. The largest absolute Gasteiger partial charge is 0.416 e. The Kier molecular flexibility index (Phi) is 7.20. The Balaban J connectivity index is 1.45. The highest BCUT2D eigenvalue weighted by Gasteiger charge is 2.30. The number of nitrogens with zero attached hydrogens (tertiary/aromatic N) is 3. The quantitative estimate of drug-likeness (QED) is 0.251.